The molecule has 2 rings (SSSR count). The summed E-state index contributed by atoms with van der Waals surface area (Å²) in [6.07, 6.45) is 5.37. The van der Waals surface area contributed by atoms with Gasteiger partial charge in [-0.25, -0.2) is 0 Å². The maximum atomic E-state index is 11.6. The molecule has 0 fully saturated rings. The highest BCUT2D eigenvalue weighted by Gasteiger charge is 2.10. The summed E-state index contributed by atoms with van der Waals surface area (Å²) in [6.45, 7) is 3.45. The first-order valence-electron chi connectivity index (χ1n) is 8.55. The molecular formula is C20H25NO4. The third-order valence-electron chi connectivity index (χ3n) is 3.69. The van der Waals surface area contributed by atoms with Gasteiger partial charge in [-0.05, 0) is 31.0 Å². The molecule has 2 aromatic rings. The van der Waals surface area contributed by atoms with Gasteiger partial charge >= 0.3 is 5.97 Å². The topological polar surface area (TPSA) is 57.7 Å². The first-order valence-corrected chi connectivity index (χ1v) is 8.55. The summed E-state index contributed by atoms with van der Waals surface area (Å²) in [6, 6.07) is 9.93. The highest BCUT2D eigenvalue weighted by atomic mass is 16.5. The normalized spacial score (nSPS) is 10.5. The second-order valence-electron chi connectivity index (χ2n) is 5.57. The molecule has 0 bridgehead atoms. The molecule has 134 valence electrons. The lowest BCUT2D eigenvalue weighted by Gasteiger charge is -2.13. The second kappa shape index (κ2) is 10.5. The number of carbonyl (C=O) groups excluding carboxylic acids is 1. The van der Waals surface area contributed by atoms with E-state index < -0.39 is 0 Å². The highest BCUT2D eigenvalue weighted by molar-refractivity contribution is 5.71. The van der Waals surface area contributed by atoms with Crippen molar-refractivity contribution in [3.05, 3.63) is 48.3 Å². The van der Waals surface area contributed by atoms with Crippen molar-refractivity contribution in [1.82, 2.24) is 4.98 Å². The van der Waals surface area contributed by atoms with Gasteiger partial charge in [-0.15, -0.1) is 0 Å². The maximum absolute atomic E-state index is 11.6. The fourth-order valence-corrected chi connectivity index (χ4v) is 2.47. The van der Waals surface area contributed by atoms with Crippen LogP contribution in [0.15, 0.2) is 42.7 Å². The Labute approximate surface area is 148 Å². The van der Waals surface area contributed by atoms with Crippen LogP contribution in [0.5, 0.6) is 5.75 Å². The van der Waals surface area contributed by atoms with Crippen LogP contribution in [0.3, 0.4) is 0 Å². The molecule has 0 radical (unpaired) electrons. The van der Waals surface area contributed by atoms with Gasteiger partial charge in [0.15, 0.2) is 0 Å². The third kappa shape index (κ3) is 6.19. The lowest BCUT2D eigenvalue weighted by atomic mass is 10.0. The Balaban J connectivity index is 2.14. The van der Waals surface area contributed by atoms with Gasteiger partial charge in [0.2, 0.25) is 0 Å². The average Bonchev–Trinajstić information content (AvgIpc) is 2.65. The van der Waals surface area contributed by atoms with Gasteiger partial charge < -0.3 is 14.2 Å². The zero-order valence-corrected chi connectivity index (χ0v) is 14.9. The third-order valence-corrected chi connectivity index (χ3v) is 3.69. The number of carbonyl (C=O) groups is 1. The van der Waals surface area contributed by atoms with Crippen LogP contribution in [0.1, 0.15) is 25.3 Å². The Bertz CT molecular complexity index is 658. The van der Waals surface area contributed by atoms with Crippen LogP contribution < -0.4 is 4.74 Å². The van der Waals surface area contributed by atoms with Gasteiger partial charge in [0.05, 0.1) is 13.2 Å². The standard InChI is InChI=1S/C20H25NO4/c1-3-24-20(22)10-8-16-7-9-18(17-6-4-11-21-15-17)19(14-16)25-13-5-12-23-2/h4,6-7,9,11,14-15H,3,5,8,10,12-13H2,1-2H3. The van der Waals surface area contributed by atoms with E-state index in [9.17, 15) is 4.79 Å². The van der Waals surface area contributed by atoms with Gasteiger partial charge in [-0.1, -0.05) is 18.2 Å². The molecule has 0 aliphatic heterocycles. The highest BCUT2D eigenvalue weighted by Crippen LogP contribution is 2.31. The van der Waals surface area contributed by atoms with Gasteiger partial charge in [0.1, 0.15) is 5.75 Å². The molecule has 0 spiro atoms. The molecule has 0 amide bonds. The zero-order chi connectivity index (χ0) is 17.9. The summed E-state index contributed by atoms with van der Waals surface area (Å²) in [7, 11) is 1.68. The van der Waals surface area contributed by atoms with Crippen LogP contribution in [0.2, 0.25) is 0 Å². The molecular weight excluding hydrogens is 318 g/mol. The van der Waals surface area contributed by atoms with Crippen molar-refractivity contribution in [2.45, 2.75) is 26.2 Å². The first kappa shape index (κ1) is 18.9. The predicted molar refractivity (Wildman–Crippen MR) is 96.6 cm³/mol. The number of methoxy groups -OCH3 is 1. The van der Waals surface area contributed by atoms with Crippen molar-refractivity contribution < 1.29 is 19.0 Å². The van der Waals surface area contributed by atoms with Gasteiger partial charge in [0.25, 0.3) is 0 Å². The number of hydrogen-bond acceptors (Lipinski definition) is 5. The largest absolute Gasteiger partial charge is 0.493 e. The SMILES string of the molecule is CCOC(=O)CCc1ccc(-c2cccnc2)c(OCCCOC)c1. The van der Waals surface area contributed by atoms with E-state index in [2.05, 4.69) is 4.98 Å². The Hall–Kier alpha value is -2.40. The minimum atomic E-state index is -0.179. The molecule has 5 nitrogen and oxygen atoms in total. The molecule has 0 atom stereocenters. The Morgan fingerprint density at radius 1 is 1.20 bits per heavy atom. The average molecular weight is 343 g/mol. The van der Waals surface area contributed by atoms with Crippen molar-refractivity contribution >= 4 is 5.97 Å². The molecule has 0 saturated carbocycles. The number of aromatic nitrogens is 1. The first-order chi connectivity index (χ1) is 12.2. The molecule has 1 heterocycles. The summed E-state index contributed by atoms with van der Waals surface area (Å²) in [5.74, 6) is 0.617. The van der Waals surface area contributed by atoms with Crippen molar-refractivity contribution in [3.8, 4) is 16.9 Å². The fraction of sp³-hybridized carbons (Fsp3) is 0.400. The number of esters is 1. The molecule has 1 aromatic carbocycles. The number of benzene rings is 1. The smallest absolute Gasteiger partial charge is 0.306 e. The van der Waals surface area contributed by atoms with E-state index in [-0.39, 0.29) is 5.97 Å². The number of pyridine rings is 1. The summed E-state index contributed by atoms with van der Waals surface area (Å²) in [4.78, 5) is 15.7. The number of nitrogens with zero attached hydrogens (tertiary/aromatic N) is 1. The van der Waals surface area contributed by atoms with Crippen molar-refractivity contribution in [3.63, 3.8) is 0 Å². The Morgan fingerprint density at radius 3 is 2.80 bits per heavy atom. The van der Waals surface area contributed by atoms with E-state index in [1.165, 1.54) is 0 Å². The van der Waals surface area contributed by atoms with Crippen LogP contribution in [0.4, 0.5) is 0 Å². The number of hydrogen-bond donors (Lipinski definition) is 0. The Morgan fingerprint density at radius 2 is 2.08 bits per heavy atom. The molecule has 0 saturated heterocycles. The number of aryl methyl sites for hydroxylation is 1. The predicted octanol–water partition coefficient (Wildman–Crippen LogP) is 3.66. The summed E-state index contributed by atoms with van der Waals surface area (Å²) < 4.78 is 16.0. The monoisotopic (exact) mass is 343 g/mol. The molecule has 25 heavy (non-hydrogen) atoms. The Kier molecular flexibility index (Phi) is 7.92. The minimum absolute atomic E-state index is 0.179. The van der Waals surface area contributed by atoms with Gasteiger partial charge in [-0.2, -0.15) is 0 Å². The molecule has 0 unspecified atom stereocenters. The quantitative estimate of drug-likeness (QED) is 0.487. The molecule has 0 aliphatic rings. The van der Waals surface area contributed by atoms with Gasteiger partial charge in [0, 0.05) is 50.1 Å². The summed E-state index contributed by atoms with van der Waals surface area (Å²) in [5, 5.41) is 0. The second-order valence-corrected chi connectivity index (χ2v) is 5.57. The van der Waals surface area contributed by atoms with E-state index in [0.29, 0.717) is 32.7 Å². The van der Waals surface area contributed by atoms with Crippen molar-refractivity contribution in [2.24, 2.45) is 0 Å². The van der Waals surface area contributed by atoms with Crippen molar-refractivity contribution in [2.75, 3.05) is 26.9 Å². The minimum Gasteiger partial charge on any atom is -0.493 e. The maximum Gasteiger partial charge on any atom is 0.306 e. The van der Waals surface area contributed by atoms with Crippen LogP contribution in [-0.2, 0) is 20.7 Å². The zero-order valence-electron chi connectivity index (χ0n) is 14.9. The number of rotatable bonds is 10. The molecule has 0 aliphatic carbocycles. The molecule has 5 heteroatoms. The van der Waals surface area contributed by atoms with Crippen molar-refractivity contribution in [1.29, 1.82) is 0 Å². The summed E-state index contributed by atoms with van der Waals surface area (Å²) in [5.41, 5.74) is 3.04. The fourth-order valence-electron chi connectivity index (χ4n) is 2.47. The van der Waals surface area contributed by atoms with Crippen LogP contribution in [0.25, 0.3) is 11.1 Å². The van der Waals surface area contributed by atoms with Crippen LogP contribution in [0, 0.1) is 0 Å². The lowest BCUT2D eigenvalue weighted by Crippen LogP contribution is -2.06. The lowest BCUT2D eigenvalue weighted by molar-refractivity contribution is -0.143. The van der Waals surface area contributed by atoms with E-state index in [1.54, 1.807) is 13.3 Å². The van der Waals surface area contributed by atoms with Crippen LogP contribution >= 0.6 is 0 Å². The summed E-state index contributed by atoms with van der Waals surface area (Å²) >= 11 is 0. The van der Waals surface area contributed by atoms with E-state index in [4.69, 9.17) is 14.2 Å². The molecule has 0 N–H and O–H groups in total. The van der Waals surface area contributed by atoms with E-state index in [1.807, 2.05) is 43.5 Å². The van der Waals surface area contributed by atoms with Crippen LogP contribution in [-0.4, -0.2) is 37.9 Å². The molecule has 1 aromatic heterocycles. The number of ether oxygens (including phenoxy) is 3. The van der Waals surface area contributed by atoms with Gasteiger partial charge in [-0.3, -0.25) is 9.78 Å². The van der Waals surface area contributed by atoms with E-state index in [0.717, 1.165) is 28.9 Å². The van der Waals surface area contributed by atoms with E-state index >= 15 is 0 Å².